The molecule has 0 unspecified atom stereocenters. The van der Waals surface area contributed by atoms with Gasteiger partial charge in [-0.25, -0.2) is 0 Å². The SMILES string of the molecule is CN(C(=O)CCNC(=O)CCl)c1cccnc1. The molecule has 1 rings (SSSR count). The zero-order valence-corrected chi connectivity index (χ0v) is 10.3. The molecule has 0 saturated carbocycles. The predicted octanol–water partition coefficient (Wildman–Crippen LogP) is 0.789. The van der Waals surface area contributed by atoms with Crippen molar-refractivity contribution in [3.8, 4) is 0 Å². The third-order valence-electron chi connectivity index (χ3n) is 2.19. The molecule has 0 bridgehead atoms. The molecule has 1 aromatic rings. The summed E-state index contributed by atoms with van der Waals surface area (Å²) in [6.45, 7) is 0.287. The molecule has 6 heteroatoms. The molecule has 1 N–H and O–H groups in total. The van der Waals surface area contributed by atoms with Crippen molar-refractivity contribution in [2.24, 2.45) is 0 Å². The molecule has 0 fully saturated rings. The highest BCUT2D eigenvalue weighted by molar-refractivity contribution is 6.27. The molecule has 0 aliphatic carbocycles. The van der Waals surface area contributed by atoms with Crippen LogP contribution in [0, 0.1) is 0 Å². The minimum atomic E-state index is -0.275. The van der Waals surface area contributed by atoms with Crippen LogP contribution < -0.4 is 10.2 Å². The van der Waals surface area contributed by atoms with E-state index in [9.17, 15) is 9.59 Å². The maximum atomic E-state index is 11.7. The number of nitrogens with zero attached hydrogens (tertiary/aromatic N) is 2. The van der Waals surface area contributed by atoms with Crippen LogP contribution in [-0.4, -0.2) is 36.3 Å². The Kier molecular flexibility index (Phi) is 5.42. The van der Waals surface area contributed by atoms with E-state index in [1.165, 1.54) is 4.90 Å². The first-order valence-electron chi connectivity index (χ1n) is 5.14. The van der Waals surface area contributed by atoms with Gasteiger partial charge in [-0.05, 0) is 12.1 Å². The summed E-state index contributed by atoms with van der Waals surface area (Å²) in [6.07, 6.45) is 3.48. The Hall–Kier alpha value is -1.62. The van der Waals surface area contributed by atoms with Crippen LogP contribution >= 0.6 is 11.6 Å². The zero-order valence-electron chi connectivity index (χ0n) is 9.52. The van der Waals surface area contributed by atoms with Crippen LogP contribution in [0.1, 0.15) is 6.42 Å². The van der Waals surface area contributed by atoms with E-state index in [1.54, 1.807) is 31.6 Å². The number of halogens is 1. The van der Waals surface area contributed by atoms with Crippen LogP contribution in [0.15, 0.2) is 24.5 Å². The molecule has 0 saturated heterocycles. The summed E-state index contributed by atoms with van der Waals surface area (Å²) in [4.78, 5) is 28.0. The second-order valence-electron chi connectivity index (χ2n) is 3.40. The van der Waals surface area contributed by atoms with Gasteiger partial charge in [0.05, 0.1) is 11.9 Å². The van der Waals surface area contributed by atoms with Crippen LogP contribution in [-0.2, 0) is 9.59 Å². The van der Waals surface area contributed by atoms with Crippen molar-refractivity contribution >= 4 is 29.1 Å². The lowest BCUT2D eigenvalue weighted by molar-refractivity contribution is -0.119. The largest absolute Gasteiger partial charge is 0.355 e. The van der Waals surface area contributed by atoms with E-state index >= 15 is 0 Å². The highest BCUT2D eigenvalue weighted by atomic mass is 35.5. The van der Waals surface area contributed by atoms with E-state index in [0.29, 0.717) is 0 Å². The topological polar surface area (TPSA) is 62.3 Å². The fourth-order valence-corrected chi connectivity index (χ4v) is 1.31. The van der Waals surface area contributed by atoms with Gasteiger partial charge in [-0.3, -0.25) is 14.6 Å². The molecule has 0 radical (unpaired) electrons. The highest BCUT2D eigenvalue weighted by Crippen LogP contribution is 2.09. The summed E-state index contributed by atoms with van der Waals surface area (Å²) in [5, 5.41) is 2.54. The van der Waals surface area contributed by atoms with E-state index in [0.717, 1.165) is 5.69 Å². The standard InChI is InChI=1S/C11H14ClN3O2/c1-15(9-3-2-5-13-8-9)11(17)4-6-14-10(16)7-12/h2-3,5,8H,4,6-7H2,1H3,(H,14,16). The maximum Gasteiger partial charge on any atom is 0.234 e. The van der Waals surface area contributed by atoms with Gasteiger partial charge in [0.15, 0.2) is 0 Å². The molecule has 0 spiro atoms. The number of nitrogens with one attached hydrogen (secondary N) is 1. The predicted molar refractivity (Wildman–Crippen MR) is 66.0 cm³/mol. The number of rotatable bonds is 5. The highest BCUT2D eigenvalue weighted by Gasteiger charge is 2.10. The minimum Gasteiger partial charge on any atom is -0.355 e. The number of aromatic nitrogens is 1. The first-order valence-corrected chi connectivity index (χ1v) is 5.68. The molecule has 2 amide bonds. The van der Waals surface area contributed by atoms with E-state index in [2.05, 4.69) is 10.3 Å². The zero-order chi connectivity index (χ0) is 12.7. The van der Waals surface area contributed by atoms with Gasteiger partial charge in [-0.15, -0.1) is 11.6 Å². The lowest BCUT2D eigenvalue weighted by Crippen LogP contribution is -2.32. The maximum absolute atomic E-state index is 11.7. The Morgan fingerprint density at radius 2 is 2.29 bits per heavy atom. The summed E-state index contributed by atoms with van der Waals surface area (Å²) >= 11 is 5.31. The number of carbonyl (C=O) groups is 2. The van der Waals surface area contributed by atoms with Gasteiger partial charge in [0, 0.05) is 26.2 Å². The second-order valence-corrected chi connectivity index (χ2v) is 3.66. The van der Waals surface area contributed by atoms with Crippen molar-refractivity contribution in [3.05, 3.63) is 24.5 Å². The van der Waals surface area contributed by atoms with Gasteiger partial charge in [-0.1, -0.05) is 0 Å². The Labute approximate surface area is 105 Å². The number of hydrogen-bond donors (Lipinski definition) is 1. The monoisotopic (exact) mass is 255 g/mol. The average Bonchev–Trinajstić information content (AvgIpc) is 2.38. The normalized spacial score (nSPS) is 9.76. The van der Waals surface area contributed by atoms with Gasteiger partial charge in [0.1, 0.15) is 5.88 Å². The molecule has 0 aliphatic rings. The summed E-state index contributed by atoms with van der Waals surface area (Å²) in [5.74, 6) is -0.455. The van der Waals surface area contributed by atoms with Crippen LogP contribution in [0.3, 0.4) is 0 Å². The summed E-state index contributed by atoms with van der Waals surface area (Å²) < 4.78 is 0. The van der Waals surface area contributed by atoms with Crippen LogP contribution in [0.25, 0.3) is 0 Å². The van der Waals surface area contributed by atoms with Crippen LogP contribution in [0.4, 0.5) is 5.69 Å². The number of hydrogen-bond acceptors (Lipinski definition) is 3. The average molecular weight is 256 g/mol. The molecule has 1 heterocycles. The molecular weight excluding hydrogens is 242 g/mol. The van der Waals surface area contributed by atoms with E-state index < -0.39 is 0 Å². The third kappa shape index (κ3) is 4.40. The van der Waals surface area contributed by atoms with Crippen molar-refractivity contribution in [1.29, 1.82) is 0 Å². The summed E-state index contributed by atoms with van der Waals surface area (Å²) in [7, 11) is 1.67. The Bertz CT molecular complexity index is 384. The van der Waals surface area contributed by atoms with Gasteiger partial charge >= 0.3 is 0 Å². The van der Waals surface area contributed by atoms with Crippen molar-refractivity contribution in [3.63, 3.8) is 0 Å². The Morgan fingerprint density at radius 3 is 2.88 bits per heavy atom. The van der Waals surface area contributed by atoms with Crippen molar-refractivity contribution < 1.29 is 9.59 Å². The smallest absolute Gasteiger partial charge is 0.234 e. The van der Waals surface area contributed by atoms with Crippen LogP contribution in [0.2, 0.25) is 0 Å². The molecule has 0 aromatic carbocycles. The molecule has 0 atom stereocenters. The first kappa shape index (κ1) is 13.4. The Balaban J connectivity index is 2.40. The number of anilines is 1. The van der Waals surface area contributed by atoms with Gasteiger partial charge < -0.3 is 10.2 Å². The molecule has 92 valence electrons. The Morgan fingerprint density at radius 1 is 1.53 bits per heavy atom. The number of pyridine rings is 1. The number of carbonyl (C=O) groups excluding carboxylic acids is 2. The number of amides is 2. The lowest BCUT2D eigenvalue weighted by Gasteiger charge is -2.16. The minimum absolute atomic E-state index is 0.0899. The quantitative estimate of drug-likeness (QED) is 0.792. The van der Waals surface area contributed by atoms with E-state index in [4.69, 9.17) is 11.6 Å². The fraction of sp³-hybridized carbons (Fsp3) is 0.364. The molecule has 17 heavy (non-hydrogen) atoms. The third-order valence-corrected chi connectivity index (χ3v) is 2.43. The van der Waals surface area contributed by atoms with Gasteiger partial charge in [-0.2, -0.15) is 0 Å². The van der Waals surface area contributed by atoms with Crippen molar-refractivity contribution in [2.45, 2.75) is 6.42 Å². The van der Waals surface area contributed by atoms with E-state index in [-0.39, 0.29) is 30.7 Å². The van der Waals surface area contributed by atoms with Crippen molar-refractivity contribution in [1.82, 2.24) is 10.3 Å². The summed E-state index contributed by atoms with van der Waals surface area (Å²) in [5.41, 5.74) is 0.723. The lowest BCUT2D eigenvalue weighted by atomic mass is 10.3. The van der Waals surface area contributed by atoms with Crippen molar-refractivity contribution in [2.75, 3.05) is 24.4 Å². The molecule has 0 aliphatic heterocycles. The fourth-order valence-electron chi connectivity index (χ4n) is 1.22. The van der Waals surface area contributed by atoms with Gasteiger partial charge in [0.2, 0.25) is 11.8 Å². The van der Waals surface area contributed by atoms with Gasteiger partial charge in [0.25, 0.3) is 0 Å². The second kappa shape index (κ2) is 6.85. The van der Waals surface area contributed by atoms with E-state index in [1.807, 2.05) is 0 Å². The molecule has 1 aromatic heterocycles. The summed E-state index contributed by atoms with van der Waals surface area (Å²) in [6, 6.07) is 3.55. The first-order chi connectivity index (χ1) is 8.15. The number of alkyl halides is 1. The molecule has 5 nitrogen and oxygen atoms in total. The van der Waals surface area contributed by atoms with Crippen LogP contribution in [0.5, 0.6) is 0 Å². The molecular formula is C11H14ClN3O2.